The lowest BCUT2D eigenvalue weighted by atomic mass is 9.97. The van der Waals surface area contributed by atoms with E-state index < -0.39 is 5.97 Å². The quantitative estimate of drug-likeness (QED) is 0.392. The molecule has 1 aliphatic carbocycles. The fourth-order valence-corrected chi connectivity index (χ4v) is 4.57. The lowest BCUT2D eigenvalue weighted by Crippen LogP contribution is -2.15. The van der Waals surface area contributed by atoms with Gasteiger partial charge in [-0.1, -0.05) is 24.3 Å². The molecule has 5 rings (SSSR count). The number of aromatic nitrogens is 2. The molecule has 0 N–H and O–H groups in total. The fourth-order valence-electron chi connectivity index (χ4n) is 4.57. The Morgan fingerprint density at radius 3 is 2.79 bits per heavy atom. The van der Waals surface area contributed by atoms with Gasteiger partial charge in [0.1, 0.15) is 5.69 Å². The average molecular weight is 372 g/mol. The Kier molecular flexibility index (Phi) is 3.66. The van der Waals surface area contributed by atoms with Gasteiger partial charge in [0, 0.05) is 40.5 Å². The van der Waals surface area contributed by atoms with Crippen molar-refractivity contribution in [3.05, 3.63) is 66.0 Å². The van der Waals surface area contributed by atoms with Crippen LogP contribution < -0.4 is 0 Å². The Morgan fingerprint density at radius 2 is 2.00 bits per heavy atom. The third-order valence-corrected chi connectivity index (χ3v) is 5.70. The number of methoxy groups -OCH3 is 1. The van der Waals surface area contributed by atoms with E-state index in [-0.39, 0.29) is 5.78 Å². The number of hydrogen-bond acceptors (Lipinski definition) is 3. The van der Waals surface area contributed by atoms with Crippen molar-refractivity contribution in [3.8, 4) is 0 Å². The maximum absolute atomic E-state index is 12.7. The van der Waals surface area contributed by atoms with Crippen LogP contribution in [0.4, 0.5) is 0 Å². The highest BCUT2D eigenvalue weighted by Gasteiger charge is 2.27. The topological polar surface area (TPSA) is 52.7 Å². The smallest absolute Gasteiger partial charge is 0.355 e. The molecule has 0 saturated carbocycles. The number of allylic oxidation sites excluding steroid dienone is 1. The van der Waals surface area contributed by atoms with E-state index in [4.69, 9.17) is 4.74 Å². The molecule has 0 fully saturated rings. The number of benzene rings is 1. The van der Waals surface area contributed by atoms with Crippen LogP contribution in [0, 0.1) is 0 Å². The Labute approximate surface area is 161 Å². The van der Waals surface area contributed by atoms with E-state index in [0.29, 0.717) is 18.7 Å². The summed E-state index contributed by atoms with van der Waals surface area (Å²) in [7, 11) is 1.39. The number of aryl methyl sites for hydroxylation is 1. The molecule has 3 heterocycles. The molecule has 1 aromatic carbocycles. The summed E-state index contributed by atoms with van der Waals surface area (Å²) >= 11 is 0. The number of carbonyl (C=O) groups is 2. The predicted molar refractivity (Wildman–Crippen MR) is 109 cm³/mol. The number of carbonyl (C=O) groups excluding carboxylic acids is 2. The van der Waals surface area contributed by atoms with Gasteiger partial charge in [-0.3, -0.25) is 4.79 Å². The number of nitrogens with zero attached hydrogens (tertiary/aromatic N) is 2. The van der Waals surface area contributed by atoms with Crippen molar-refractivity contribution in [2.24, 2.45) is 0 Å². The van der Waals surface area contributed by atoms with Gasteiger partial charge in [-0.15, -0.1) is 6.58 Å². The third kappa shape index (κ3) is 2.13. The normalized spacial score (nSPS) is 14.0. The van der Waals surface area contributed by atoms with Crippen molar-refractivity contribution in [2.45, 2.75) is 25.8 Å². The summed E-state index contributed by atoms with van der Waals surface area (Å²) in [5.74, 6) is -0.260. The van der Waals surface area contributed by atoms with Crippen molar-refractivity contribution in [1.29, 1.82) is 0 Å². The van der Waals surface area contributed by atoms with Gasteiger partial charge in [-0.25, -0.2) is 4.79 Å². The van der Waals surface area contributed by atoms with Gasteiger partial charge in [-0.2, -0.15) is 0 Å². The average Bonchev–Trinajstić information content (AvgIpc) is 3.25. The second-order valence-electron chi connectivity index (χ2n) is 7.20. The summed E-state index contributed by atoms with van der Waals surface area (Å²) in [4.78, 5) is 25.2. The number of ether oxygens (including phenoxy) is 1. The summed E-state index contributed by atoms with van der Waals surface area (Å²) in [5, 5.41) is 2.05. The molecule has 3 aromatic heterocycles. The largest absolute Gasteiger partial charge is 0.464 e. The van der Waals surface area contributed by atoms with Crippen LogP contribution in [0.25, 0.3) is 27.3 Å². The fraction of sp³-hybridized carbons (Fsp3) is 0.217. The van der Waals surface area contributed by atoms with Gasteiger partial charge in [-0.05, 0) is 31.0 Å². The zero-order chi connectivity index (χ0) is 19.4. The van der Waals surface area contributed by atoms with E-state index in [9.17, 15) is 9.59 Å². The Balaban J connectivity index is 2.05. The molecule has 1 aliphatic rings. The van der Waals surface area contributed by atoms with Crippen LogP contribution in [0.5, 0.6) is 0 Å². The van der Waals surface area contributed by atoms with Crippen molar-refractivity contribution >= 4 is 39.1 Å². The zero-order valence-electron chi connectivity index (χ0n) is 15.7. The molecule has 0 bridgehead atoms. The number of esters is 1. The van der Waals surface area contributed by atoms with E-state index in [0.717, 1.165) is 51.4 Å². The molecular formula is C23H20N2O3. The van der Waals surface area contributed by atoms with E-state index in [1.165, 1.54) is 7.11 Å². The minimum absolute atomic E-state index is 0.139. The summed E-state index contributed by atoms with van der Waals surface area (Å²) in [6, 6.07) is 12.0. The molecule has 0 spiro atoms. The number of rotatable bonds is 3. The van der Waals surface area contributed by atoms with Gasteiger partial charge < -0.3 is 13.7 Å². The van der Waals surface area contributed by atoms with Crippen molar-refractivity contribution in [1.82, 2.24) is 8.97 Å². The van der Waals surface area contributed by atoms with Crippen LogP contribution in [0.1, 0.15) is 39.4 Å². The predicted octanol–water partition coefficient (Wildman–Crippen LogP) is 4.54. The van der Waals surface area contributed by atoms with Crippen LogP contribution >= 0.6 is 0 Å². The molecule has 140 valence electrons. The Morgan fingerprint density at radius 1 is 1.18 bits per heavy atom. The maximum Gasteiger partial charge on any atom is 0.355 e. The van der Waals surface area contributed by atoms with Crippen LogP contribution in [0.15, 0.2) is 49.1 Å². The number of fused-ring (bicyclic) bond motifs is 7. The van der Waals surface area contributed by atoms with Crippen molar-refractivity contribution in [2.75, 3.05) is 7.11 Å². The van der Waals surface area contributed by atoms with Gasteiger partial charge in [0.2, 0.25) is 0 Å². The highest BCUT2D eigenvalue weighted by molar-refractivity contribution is 6.16. The van der Waals surface area contributed by atoms with Crippen molar-refractivity contribution in [3.63, 3.8) is 0 Å². The van der Waals surface area contributed by atoms with Crippen molar-refractivity contribution < 1.29 is 14.3 Å². The highest BCUT2D eigenvalue weighted by atomic mass is 16.5. The lowest BCUT2D eigenvalue weighted by Gasteiger charge is -2.14. The van der Waals surface area contributed by atoms with Crippen LogP contribution in [0.2, 0.25) is 0 Å². The molecule has 0 unspecified atom stereocenters. The first-order valence-electron chi connectivity index (χ1n) is 9.46. The SMILES string of the molecule is C=CCn1c2ccccc2c2cc(C(=O)OC)n3c4c(cc3c21)C(=O)CCC4. The second-order valence-corrected chi connectivity index (χ2v) is 7.20. The highest BCUT2D eigenvalue weighted by Crippen LogP contribution is 2.37. The summed E-state index contributed by atoms with van der Waals surface area (Å²) in [6.45, 7) is 4.55. The molecule has 0 saturated heterocycles. The second kappa shape index (κ2) is 6.09. The summed E-state index contributed by atoms with van der Waals surface area (Å²) in [6.07, 6.45) is 3.99. The molecular weight excluding hydrogens is 352 g/mol. The van der Waals surface area contributed by atoms with Gasteiger partial charge >= 0.3 is 5.97 Å². The number of para-hydroxylation sites is 1. The molecule has 28 heavy (non-hydrogen) atoms. The number of pyridine rings is 1. The third-order valence-electron chi connectivity index (χ3n) is 5.70. The van der Waals surface area contributed by atoms with Crippen LogP contribution in [0.3, 0.4) is 0 Å². The molecule has 4 aromatic rings. The number of Topliss-reactive ketones (excluding diaryl/α,β-unsaturated/α-hetero) is 1. The first-order chi connectivity index (χ1) is 13.7. The van der Waals surface area contributed by atoms with E-state index in [1.807, 2.05) is 34.7 Å². The van der Waals surface area contributed by atoms with Crippen LogP contribution in [-0.4, -0.2) is 27.8 Å². The Bertz CT molecular complexity index is 1310. The van der Waals surface area contributed by atoms with Gasteiger partial charge in [0.25, 0.3) is 0 Å². The maximum atomic E-state index is 12.7. The zero-order valence-corrected chi connectivity index (χ0v) is 15.7. The Hall–Kier alpha value is -3.34. The molecule has 0 radical (unpaired) electrons. The lowest BCUT2D eigenvalue weighted by molar-refractivity contribution is 0.0591. The van der Waals surface area contributed by atoms with Gasteiger partial charge in [0.05, 0.1) is 18.1 Å². The van der Waals surface area contributed by atoms with E-state index in [2.05, 4.69) is 23.3 Å². The van der Waals surface area contributed by atoms with Gasteiger partial charge in [0.15, 0.2) is 5.78 Å². The first-order valence-corrected chi connectivity index (χ1v) is 9.46. The molecule has 5 nitrogen and oxygen atoms in total. The molecule has 0 aliphatic heterocycles. The first kappa shape index (κ1) is 16.8. The molecule has 0 atom stereocenters. The monoisotopic (exact) mass is 372 g/mol. The molecule has 0 amide bonds. The van der Waals surface area contributed by atoms with Crippen LogP contribution in [-0.2, 0) is 17.7 Å². The molecule has 5 heteroatoms. The standard InChI is InChI=1S/C23H20N2O3/c1-3-11-24-17-8-5-4-7-14(17)15-12-20(23(27)28-2)25-18-9-6-10-21(26)16(18)13-19(25)22(15)24/h3-5,7-8,12-13H,1,6,9-11H2,2H3. The van der Waals surface area contributed by atoms with E-state index >= 15 is 0 Å². The van der Waals surface area contributed by atoms with E-state index in [1.54, 1.807) is 0 Å². The summed E-state index contributed by atoms with van der Waals surface area (Å²) in [5.41, 5.74) is 5.05. The minimum atomic E-state index is -0.399. The number of hydrogen-bond donors (Lipinski definition) is 0. The summed E-state index contributed by atoms with van der Waals surface area (Å²) < 4.78 is 9.21. The minimum Gasteiger partial charge on any atom is -0.464 e. The number of ketones is 1.